The van der Waals surface area contributed by atoms with E-state index < -0.39 is 10.7 Å². The van der Waals surface area contributed by atoms with Crippen molar-refractivity contribution >= 4 is 29.3 Å². The molecule has 0 saturated carbocycles. The molecule has 1 spiro atoms. The van der Waals surface area contributed by atoms with Crippen LogP contribution in [0.25, 0.3) is 0 Å². The van der Waals surface area contributed by atoms with Crippen LogP contribution in [-0.4, -0.2) is 29.0 Å². The SMILES string of the molecule is CCC(=O)N1CCS[C@@]12C(=O)N(Cc1cccc(C#N)c1)c1ccc(F)cc12. The Balaban J connectivity index is 1.81. The molecule has 0 unspecified atom stereocenters. The molecule has 142 valence electrons. The molecule has 2 aliphatic heterocycles. The Morgan fingerprint density at radius 2 is 2.14 bits per heavy atom. The topological polar surface area (TPSA) is 64.4 Å². The quantitative estimate of drug-likeness (QED) is 0.799. The molecule has 28 heavy (non-hydrogen) atoms. The van der Waals surface area contributed by atoms with Crippen molar-refractivity contribution in [3.8, 4) is 6.07 Å². The standard InChI is InChI=1S/C21H18FN3O2S/c1-2-19(26)25-8-9-28-21(25)17-11-16(22)6-7-18(17)24(20(21)27)13-15-5-3-4-14(10-15)12-23/h3-7,10-11H,2,8-9,13H2,1H3/t21-/m0/s1. The first kappa shape index (κ1) is 18.5. The van der Waals surface area contributed by atoms with Crippen LogP contribution in [0.5, 0.6) is 0 Å². The van der Waals surface area contributed by atoms with Crippen LogP contribution in [-0.2, 0) is 21.0 Å². The zero-order chi connectivity index (χ0) is 19.9. The Kier molecular flexibility index (Phi) is 4.60. The number of rotatable bonds is 3. The van der Waals surface area contributed by atoms with Gasteiger partial charge in [-0.2, -0.15) is 5.26 Å². The van der Waals surface area contributed by atoms with Crippen LogP contribution in [0.2, 0.25) is 0 Å². The van der Waals surface area contributed by atoms with E-state index in [2.05, 4.69) is 6.07 Å². The largest absolute Gasteiger partial charge is 0.315 e. The second-order valence-corrected chi connectivity index (χ2v) is 8.04. The first-order valence-electron chi connectivity index (χ1n) is 9.06. The van der Waals surface area contributed by atoms with E-state index in [0.717, 1.165) is 5.56 Å². The predicted molar refractivity (Wildman–Crippen MR) is 105 cm³/mol. The third-order valence-corrected chi connectivity index (χ3v) is 6.58. The molecule has 2 amide bonds. The van der Waals surface area contributed by atoms with Crippen molar-refractivity contribution in [3.05, 3.63) is 65.0 Å². The number of nitriles is 1. The highest BCUT2D eigenvalue weighted by Gasteiger charge is 2.59. The van der Waals surface area contributed by atoms with Gasteiger partial charge in [0.1, 0.15) is 5.82 Å². The third kappa shape index (κ3) is 2.68. The lowest BCUT2D eigenvalue weighted by Gasteiger charge is -2.33. The number of hydrogen-bond acceptors (Lipinski definition) is 4. The van der Waals surface area contributed by atoms with E-state index >= 15 is 0 Å². The minimum absolute atomic E-state index is 0.123. The number of benzene rings is 2. The summed E-state index contributed by atoms with van der Waals surface area (Å²) in [4.78, 5) is 28.2. The van der Waals surface area contributed by atoms with Crippen molar-refractivity contribution in [2.24, 2.45) is 0 Å². The summed E-state index contributed by atoms with van der Waals surface area (Å²) in [6.07, 6.45) is 0.282. The summed E-state index contributed by atoms with van der Waals surface area (Å²) in [6.45, 7) is 2.47. The van der Waals surface area contributed by atoms with Crippen molar-refractivity contribution in [1.29, 1.82) is 5.26 Å². The van der Waals surface area contributed by atoms with Gasteiger partial charge < -0.3 is 9.80 Å². The Morgan fingerprint density at radius 1 is 1.32 bits per heavy atom. The molecular formula is C21H18FN3O2S. The van der Waals surface area contributed by atoms with Gasteiger partial charge in [0.15, 0.2) is 4.87 Å². The molecule has 2 aromatic rings. The van der Waals surface area contributed by atoms with Crippen molar-refractivity contribution in [2.75, 3.05) is 17.2 Å². The lowest BCUT2D eigenvalue weighted by Crippen LogP contribution is -2.50. The van der Waals surface area contributed by atoms with Crippen molar-refractivity contribution < 1.29 is 14.0 Å². The molecule has 1 atom stereocenters. The van der Waals surface area contributed by atoms with Gasteiger partial charge in [-0.25, -0.2) is 4.39 Å². The summed E-state index contributed by atoms with van der Waals surface area (Å²) < 4.78 is 14.1. The first-order valence-corrected chi connectivity index (χ1v) is 10.0. The third-order valence-electron chi connectivity index (χ3n) is 5.16. The molecule has 4 rings (SSSR count). The molecule has 1 saturated heterocycles. The number of thioether (sulfide) groups is 1. The highest BCUT2D eigenvalue weighted by Crippen LogP contribution is 2.54. The normalized spacial score (nSPS) is 20.5. The van der Waals surface area contributed by atoms with Gasteiger partial charge in [-0.15, -0.1) is 11.8 Å². The average Bonchev–Trinajstić information content (AvgIpc) is 3.25. The lowest BCUT2D eigenvalue weighted by molar-refractivity contribution is -0.139. The highest BCUT2D eigenvalue weighted by atomic mass is 32.2. The van der Waals surface area contributed by atoms with Crippen LogP contribution < -0.4 is 4.90 Å². The summed E-state index contributed by atoms with van der Waals surface area (Å²) in [6, 6.07) is 13.4. The van der Waals surface area contributed by atoms with Gasteiger partial charge in [0.25, 0.3) is 5.91 Å². The molecule has 0 bridgehead atoms. The summed E-state index contributed by atoms with van der Waals surface area (Å²) in [5, 5.41) is 9.13. The van der Waals surface area contributed by atoms with E-state index in [1.807, 2.05) is 6.07 Å². The van der Waals surface area contributed by atoms with E-state index in [1.165, 1.54) is 23.9 Å². The summed E-state index contributed by atoms with van der Waals surface area (Å²) in [5.41, 5.74) is 2.45. The highest BCUT2D eigenvalue weighted by molar-refractivity contribution is 8.01. The van der Waals surface area contributed by atoms with Gasteiger partial charge in [0.2, 0.25) is 5.91 Å². The lowest BCUT2D eigenvalue weighted by atomic mass is 10.1. The molecule has 1 fully saturated rings. The first-order chi connectivity index (χ1) is 13.5. The van der Waals surface area contributed by atoms with E-state index in [1.54, 1.807) is 41.0 Å². The maximum atomic E-state index is 14.1. The molecule has 0 radical (unpaired) electrons. The molecule has 2 aliphatic rings. The van der Waals surface area contributed by atoms with Crippen LogP contribution in [0.3, 0.4) is 0 Å². The minimum atomic E-state index is -1.21. The molecule has 0 aliphatic carbocycles. The number of fused-ring (bicyclic) bond motifs is 2. The number of halogens is 1. The Bertz CT molecular complexity index is 1020. The number of hydrogen-bond donors (Lipinski definition) is 0. The van der Waals surface area contributed by atoms with Gasteiger partial charge in [-0.05, 0) is 35.9 Å². The monoisotopic (exact) mass is 395 g/mol. The fourth-order valence-corrected chi connectivity index (χ4v) is 5.38. The molecular weight excluding hydrogens is 377 g/mol. The van der Waals surface area contributed by atoms with E-state index in [-0.39, 0.29) is 24.8 Å². The van der Waals surface area contributed by atoms with E-state index in [9.17, 15) is 14.0 Å². The molecule has 5 nitrogen and oxygen atoms in total. The number of nitrogens with zero attached hydrogens (tertiary/aromatic N) is 3. The fraction of sp³-hybridized carbons (Fsp3) is 0.286. The zero-order valence-corrected chi connectivity index (χ0v) is 16.1. The molecule has 0 aromatic heterocycles. The molecule has 2 heterocycles. The smallest absolute Gasteiger partial charge is 0.268 e. The van der Waals surface area contributed by atoms with Gasteiger partial charge in [0, 0.05) is 24.3 Å². The van der Waals surface area contributed by atoms with Crippen molar-refractivity contribution in [1.82, 2.24) is 4.90 Å². The average molecular weight is 395 g/mol. The second kappa shape index (κ2) is 6.95. The predicted octanol–water partition coefficient (Wildman–Crippen LogP) is 3.38. The number of carbonyl (C=O) groups excluding carboxylic acids is 2. The van der Waals surface area contributed by atoms with E-state index in [4.69, 9.17) is 5.26 Å². The molecule has 2 aromatic carbocycles. The Labute approximate surface area is 166 Å². The van der Waals surface area contributed by atoms with Crippen LogP contribution in [0.1, 0.15) is 30.0 Å². The fourth-order valence-electron chi connectivity index (χ4n) is 3.91. The number of amides is 2. The van der Waals surface area contributed by atoms with Gasteiger partial charge in [-0.1, -0.05) is 19.1 Å². The number of anilines is 1. The summed E-state index contributed by atoms with van der Waals surface area (Å²) in [7, 11) is 0. The number of carbonyl (C=O) groups is 2. The van der Waals surface area contributed by atoms with E-state index in [0.29, 0.717) is 29.1 Å². The van der Waals surface area contributed by atoms with Gasteiger partial charge in [-0.3, -0.25) is 9.59 Å². The van der Waals surface area contributed by atoms with Crippen LogP contribution in [0.4, 0.5) is 10.1 Å². The van der Waals surface area contributed by atoms with Crippen molar-refractivity contribution in [2.45, 2.75) is 24.8 Å². The Morgan fingerprint density at radius 3 is 2.89 bits per heavy atom. The summed E-state index contributed by atoms with van der Waals surface area (Å²) in [5.74, 6) is -0.178. The van der Waals surface area contributed by atoms with Crippen molar-refractivity contribution in [3.63, 3.8) is 0 Å². The minimum Gasteiger partial charge on any atom is -0.315 e. The van der Waals surface area contributed by atoms with Crippen LogP contribution >= 0.6 is 11.8 Å². The maximum absolute atomic E-state index is 14.1. The van der Waals surface area contributed by atoms with Gasteiger partial charge >= 0.3 is 0 Å². The zero-order valence-electron chi connectivity index (χ0n) is 15.3. The van der Waals surface area contributed by atoms with Crippen LogP contribution in [0.15, 0.2) is 42.5 Å². The van der Waals surface area contributed by atoms with Gasteiger partial charge in [0.05, 0.1) is 23.9 Å². The molecule has 0 N–H and O–H groups in total. The Hall–Kier alpha value is -2.85. The second-order valence-electron chi connectivity index (χ2n) is 6.76. The summed E-state index contributed by atoms with van der Waals surface area (Å²) >= 11 is 1.38. The maximum Gasteiger partial charge on any atom is 0.268 e. The molecule has 7 heteroatoms. The van der Waals surface area contributed by atoms with Crippen LogP contribution in [0, 0.1) is 17.1 Å².